The lowest BCUT2D eigenvalue weighted by atomic mass is 10.1. The third-order valence-electron chi connectivity index (χ3n) is 5.77. The van der Waals surface area contributed by atoms with Crippen molar-refractivity contribution in [2.45, 2.75) is 26.9 Å². The second-order valence-corrected chi connectivity index (χ2v) is 9.84. The number of nitrogens with zero attached hydrogens (tertiary/aromatic N) is 1. The van der Waals surface area contributed by atoms with Gasteiger partial charge in [0.05, 0.1) is 16.4 Å². The van der Waals surface area contributed by atoms with Crippen LogP contribution in [-0.4, -0.2) is 24.0 Å². The Morgan fingerprint density at radius 2 is 1.69 bits per heavy atom. The van der Waals surface area contributed by atoms with Crippen molar-refractivity contribution in [2.75, 3.05) is 12.0 Å². The quantitative estimate of drug-likeness (QED) is 0.163. The van der Waals surface area contributed by atoms with Gasteiger partial charge in [-0.1, -0.05) is 48.9 Å². The molecule has 1 N–H and O–H groups in total. The number of aryl methyl sites for hydroxylation is 2. The Labute approximate surface area is 229 Å². The summed E-state index contributed by atoms with van der Waals surface area (Å²) in [6.45, 7) is 4.48. The molecule has 2 amide bonds. The maximum absolute atomic E-state index is 13.3. The Morgan fingerprint density at radius 3 is 2.33 bits per heavy atom. The van der Waals surface area contributed by atoms with Crippen LogP contribution in [-0.2, 0) is 22.6 Å². The molecule has 1 aliphatic heterocycles. The van der Waals surface area contributed by atoms with Crippen molar-refractivity contribution in [1.82, 2.24) is 5.32 Å². The molecule has 0 aliphatic carbocycles. The summed E-state index contributed by atoms with van der Waals surface area (Å²) in [5, 5.41) is 2.68. The van der Waals surface area contributed by atoms with Gasteiger partial charge in [0.25, 0.3) is 11.8 Å². The number of rotatable bonds is 7. The first-order valence-electron chi connectivity index (χ1n) is 11.4. The van der Waals surface area contributed by atoms with E-state index in [-0.39, 0.29) is 10.7 Å². The smallest absolute Gasteiger partial charge is 0.270 e. The molecule has 36 heavy (non-hydrogen) atoms. The Hall–Kier alpha value is -3.24. The van der Waals surface area contributed by atoms with E-state index in [1.165, 1.54) is 10.5 Å². The van der Waals surface area contributed by atoms with Crippen LogP contribution in [0.3, 0.4) is 0 Å². The molecule has 1 saturated heterocycles. The minimum absolute atomic E-state index is 0.0191. The van der Waals surface area contributed by atoms with E-state index in [4.69, 9.17) is 21.7 Å². The fourth-order valence-corrected chi connectivity index (χ4v) is 4.80. The van der Waals surface area contributed by atoms with Gasteiger partial charge in [-0.3, -0.25) is 19.8 Å². The van der Waals surface area contributed by atoms with Crippen molar-refractivity contribution in [3.8, 4) is 11.5 Å². The number of anilines is 1. The number of halogens is 1. The molecule has 1 heterocycles. The van der Waals surface area contributed by atoms with E-state index >= 15 is 0 Å². The van der Waals surface area contributed by atoms with E-state index in [1.54, 1.807) is 19.3 Å². The molecule has 0 aromatic heterocycles. The maximum Gasteiger partial charge on any atom is 0.270 e. The molecular weight excluding hydrogens is 587 g/mol. The molecule has 0 radical (unpaired) electrons. The van der Waals surface area contributed by atoms with Crippen molar-refractivity contribution in [2.24, 2.45) is 0 Å². The van der Waals surface area contributed by atoms with Crippen LogP contribution < -0.4 is 19.7 Å². The van der Waals surface area contributed by atoms with Crippen molar-refractivity contribution < 1.29 is 19.1 Å². The first-order valence-corrected chi connectivity index (χ1v) is 12.9. The molecule has 1 fully saturated rings. The number of carbonyl (C=O) groups excluding carboxylic acids is 2. The lowest BCUT2D eigenvalue weighted by molar-refractivity contribution is -0.122. The van der Waals surface area contributed by atoms with Crippen LogP contribution in [0.4, 0.5) is 5.69 Å². The number of carbonyl (C=O) groups is 2. The topological polar surface area (TPSA) is 67.9 Å². The highest BCUT2D eigenvalue weighted by molar-refractivity contribution is 14.1. The minimum atomic E-state index is -0.542. The lowest BCUT2D eigenvalue weighted by Gasteiger charge is -2.29. The van der Waals surface area contributed by atoms with Crippen molar-refractivity contribution in [1.29, 1.82) is 0 Å². The molecule has 0 saturated carbocycles. The van der Waals surface area contributed by atoms with Gasteiger partial charge >= 0.3 is 0 Å². The van der Waals surface area contributed by atoms with Gasteiger partial charge in [-0.2, -0.15) is 0 Å². The number of benzene rings is 3. The Kier molecular flexibility index (Phi) is 8.05. The van der Waals surface area contributed by atoms with Crippen molar-refractivity contribution in [3.05, 3.63) is 92.1 Å². The average Bonchev–Trinajstić information content (AvgIpc) is 2.87. The summed E-state index contributed by atoms with van der Waals surface area (Å²) in [5.41, 5.74) is 4.57. The zero-order valence-corrected chi connectivity index (χ0v) is 23.1. The monoisotopic (exact) mass is 612 g/mol. The summed E-state index contributed by atoms with van der Waals surface area (Å²) in [4.78, 5) is 27.4. The number of ether oxygens (including phenoxy) is 2. The van der Waals surface area contributed by atoms with E-state index in [1.807, 2.05) is 61.5 Å². The molecule has 8 heteroatoms. The van der Waals surface area contributed by atoms with Gasteiger partial charge in [0, 0.05) is 0 Å². The summed E-state index contributed by atoms with van der Waals surface area (Å²) in [7, 11) is 1.56. The average molecular weight is 612 g/mol. The highest BCUT2D eigenvalue weighted by Crippen LogP contribution is 2.35. The van der Waals surface area contributed by atoms with E-state index in [0.717, 1.165) is 21.1 Å². The lowest BCUT2D eigenvalue weighted by Crippen LogP contribution is -2.54. The Balaban J connectivity index is 1.62. The van der Waals surface area contributed by atoms with Crippen LogP contribution in [0.2, 0.25) is 0 Å². The minimum Gasteiger partial charge on any atom is -0.493 e. The third-order valence-corrected chi connectivity index (χ3v) is 6.86. The van der Waals surface area contributed by atoms with Crippen LogP contribution in [0.25, 0.3) is 6.08 Å². The van der Waals surface area contributed by atoms with Gasteiger partial charge in [-0.25, -0.2) is 0 Å². The van der Waals surface area contributed by atoms with Crippen molar-refractivity contribution >= 4 is 63.5 Å². The zero-order chi connectivity index (χ0) is 25.8. The Bertz CT molecular complexity index is 1350. The predicted molar refractivity (Wildman–Crippen MR) is 153 cm³/mol. The van der Waals surface area contributed by atoms with Gasteiger partial charge in [-0.05, 0) is 95.2 Å². The molecule has 1 aliphatic rings. The predicted octanol–water partition coefficient (Wildman–Crippen LogP) is 5.58. The normalized spacial score (nSPS) is 14.7. The molecule has 0 bridgehead atoms. The van der Waals surface area contributed by atoms with Crippen LogP contribution in [0.5, 0.6) is 11.5 Å². The van der Waals surface area contributed by atoms with Crippen LogP contribution in [0, 0.1) is 10.5 Å². The first-order chi connectivity index (χ1) is 17.3. The molecule has 0 spiro atoms. The summed E-state index contributed by atoms with van der Waals surface area (Å²) in [6, 6.07) is 19.2. The third kappa shape index (κ3) is 5.60. The Morgan fingerprint density at radius 1 is 1.03 bits per heavy atom. The van der Waals surface area contributed by atoms with Crippen LogP contribution >= 0.6 is 34.8 Å². The second kappa shape index (κ2) is 11.2. The van der Waals surface area contributed by atoms with Crippen LogP contribution in [0.1, 0.15) is 29.2 Å². The number of amides is 2. The zero-order valence-electron chi connectivity index (χ0n) is 20.1. The summed E-state index contributed by atoms with van der Waals surface area (Å²) < 4.78 is 12.4. The fourth-order valence-electron chi connectivity index (χ4n) is 3.74. The van der Waals surface area contributed by atoms with Gasteiger partial charge in [0.1, 0.15) is 12.2 Å². The molecule has 3 aromatic rings. The fraction of sp³-hybridized carbons (Fsp3) is 0.179. The number of methoxy groups -OCH3 is 1. The number of nitrogens with one attached hydrogen (secondary N) is 1. The van der Waals surface area contributed by atoms with Gasteiger partial charge in [0.2, 0.25) is 0 Å². The maximum atomic E-state index is 13.3. The summed E-state index contributed by atoms with van der Waals surface area (Å²) in [5.74, 6) is 0.0768. The first kappa shape index (κ1) is 25.8. The number of thiocarbonyl (C=S) groups is 1. The molecule has 184 valence electrons. The van der Waals surface area contributed by atoms with Gasteiger partial charge in [0.15, 0.2) is 16.6 Å². The van der Waals surface area contributed by atoms with Gasteiger partial charge < -0.3 is 9.47 Å². The molecule has 4 rings (SSSR count). The summed E-state index contributed by atoms with van der Waals surface area (Å²) in [6.07, 6.45) is 2.42. The van der Waals surface area contributed by atoms with Gasteiger partial charge in [-0.15, -0.1) is 0 Å². The van der Waals surface area contributed by atoms with Crippen LogP contribution in [0.15, 0.2) is 66.2 Å². The molecular formula is C28H25IN2O4S. The van der Waals surface area contributed by atoms with E-state index in [9.17, 15) is 9.59 Å². The second-order valence-electron chi connectivity index (χ2n) is 8.29. The van der Waals surface area contributed by atoms with Crippen molar-refractivity contribution in [3.63, 3.8) is 0 Å². The van der Waals surface area contributed by atoms with E-state index in [0.29, 0.717) is 29.4 Å². The molecule has 3 aromatic carbocycles. The summed E-state index contributed by atoms with van der Waals surface area (Å²) >= 11 is 7.46. The van der Waals surface area contributed by atoms with E-state index in [2.05, 4.69) is 34.8 Å². The highest BCUT2D eigenvalue weighted by atomic mass is 127. The highest BCUT2D eigenvalue weighted by Gasteiger charge is 2.34. The number of hydrogen-bond acceptors (Lipinski definition) is 5. The SMILES string of the molecule is CCc1ccc(N2C(=O)/C(=C/c3cc(I)c(OCc4ccc(C)cc4)c(OC)c3)C(=O)NC2=S)cc1. The largest absolute Gasteiger partial charge is 0.493 e. The number of hydrogen-bond donors (Lipinski definition) is 1. The molecule has 0 atom stereocenters. The van der Waals surface area contributed by atoms with E-state index < -0.39 is 11.8 Å². The molecule has 0 unspecified atom stereocenters. The standard InChI is InChI=1S/C28H25IN2O4S/c1-4-18-9-11-21(12-10-18)31-27(33)22(26(32)30-28(31)36)13-20-14-23(29)25(24(15-20)34-3)35-16-19-7-5-17(2)6-8-19/h5-15H,4,16H2,1-3H3,(H,30,32,36)/b22-13+. The molecule has 6 nitrogen and oxygen atoms in total.